The van der Waals surface area contributed by atoms with Crippen molar-refractivity contribution in [2.75, 3.05) is 45.9 Å². The monoisotopic (exact) mass is 308 g/mol. The van der Waals surface area contributed by atoms with Crippen LogP contribution in [0, 0.1) is 6.92 Å². The lowest BCUT2D eigenvalue weighted by molar-refractivity contribution is 0.00531. The minimum absolute atomic E-state index is 0.280. The highest BCUT2D eigenvalue weighted by Crippen LogP contribution is 2.19. The molecule has 1 aromatic rings. The van der Waals surface area contributed by atoms with E-state index in [-0.39, 0.29) is 6.10 Å². The van der Waals surface area contributed by atoms with Crippen LogP contribution in [0.3, 0.4) is 0 Å². The van der Waals surface area contributed by atoms with Crippen molar-refractivity contribution in [3.8, 4) is 0 Å². The van der Waals surface area contributed by atoms with Crippen LogP contribution in [0.2, 0.25) is 0 Å². The lowest BCUT2D eigenvalue weighted by Crippen LogP contribution is -2.46. The highest BCUT2D eigenvalue weighted by molar-refractivity contribution is 4.99. The van der Waals surface area contributed by atoms with E-state index in [2.05, 4.69) is 28.0 Å². The molecule has 0 bridgehead atoms. The second-order valence-electron chi connectivity index (χ2n) is 6.60. The number of nitrogens with zero attached hydrogens (tertiary/aromatic N) is 4. The largest absolute Gasteiger partial charge is 0.390 e. The SMILES string of the molecule is Cc1cnn(C[C@@H]2CCCN2C[C@H](O)CN2CCOCC2)c1. The van der Waals surface area contributed by atoms with Gasteiger partial charge in [0.05, 0.1) is 32.1 Å². The molecule has 22 heavy (non-hydrogen) atoms. The zero-order valence-electron chi connectivity index (χ0n) is 13.5. The summed E-state index contributed by atoms with van der Waals surface area (Å²) in [5, 5.41) is 14.8. The molecule has 6 nitrogen and oxygen atoms in total. The maximum Gasteiger partial charge on any atom is 0.0793 e. The summed E-state index contributed by atoms with van der Waals surface area (Å²) in [6.07, 6.45) is 6.14. The number of aliphatic hydroxyl groups excluding tert-OH is 1. The van der Waals surface area contributed by atoms with Gasteiger partial charge in [-0.2, -0.15) is 5.10 Å². The molecule has 2 saturated heterocycles. The third-order valence-corrected chi connectivity index (χ3v) is 4.68. The van der Waals surface area contributed by atoms with Crippen molar-refractivity contribution in [1.29, 1.82) is 0 Å². The molecule has 1 aromatic heterocycles. The molecule has 0 aliphatic carbocycles. The van der Waals surface area contributed by atoms with Crippen molar-refractivity contribution in [3.05, 3.63) is 18.0 Å². The summed E-state index contributed by atoms with van der Waals surface area (Å²) in [7, 11) is 0. The van der Waals surface area contributed by atoms with Crippen molar-refractivity contribution in [2.24, 2.45) is 0 Å². The fourth-order valence-corrected chi connectivity index (χ4v) is 3.54. The Labute approximate surface area is 132 Å². The van der Waals surface area contributed by atoms with Crippen LogP contribution in [0.1, 0.15) is 18.4 Å². The molecule has 1 N–H and O–H groups in total. The molecule has 0 saturated carbocycles. The van der Waals surface area contributed by atoms with Gasteiger partial charge in [-0.1, -0.05) is 0 Å². The molecular formula is C16H28N4O2. The molecule has 124 valence electrons. The van der Waals surface area contributed by atoms with Gasteiger partial charge in [0.1, 0.15) is 0 Å². The predicted molar refractivity (Wildman–Crippen MR) is 84.8 cm³/mol. The number of aryl methyl sites for hydroxylation is 1. The summed E-state index contributed by atoms with van der Waals surface area (Å²) in [5.41, 5.74) is 1.21. The number of ether oxygens (including phenoxy) is 1. The maximum absolute atomic E-state index is 10.4. The Kier molecular flexibility index (Phi) is 5.46. The number of hydrogen-bond donors (Lipinski definition) is 1. The Morgan fingerprint density at radius 2 is 2.14 bits per heavy atom. The van der Waals surface area contributed by atoms with Crippen molar-refractivity contribution in [3.63, 3.8) is 0 Å². The summed E-state index contributed by atoms with van der Waals surface area (Å²) in [5.74, 6) is 0. The van der Waals surface area contributed by atoms with E-state index in [4.69, 9.17) is 4.74 Å². The van der Waals surface area contributed by atoms with Gasteiger partial charge in [-0.05, 0) is 31.9 Å². The van der Waals surface area contributed by atoms with Crippen LogP contribution in [0.5, 0.6) is 0 Å². The molecule has 2 atom stereocenters. The predicted octanol–water partition coefficient (Wildman–Crippen LogP) is 0.349. The van der Waals surface area contributed by atoms with Crippen LogP contribution in [-0.4, -0.2) is 82.8 Å². The molecule has 0 spiro atoms. The van der Waals surface area contributed by atoms with Gasteiger partial charge in [0.25, 0.3) is 0 Å². The molecule has 0 unspecified atom stereocenters. The van der Waals surface area contributed by atoms with Gasteiger partial charge in [0, 0.05) is 38.4 Å². The molecule has 3 rings (SSSR count). The summed E-state index contributed by atoms with van der Waals surface area (Å²) in [6.45, 7) is 9.07. The van der Waals surface area contributed by atoms with E-state index in [1.807, 2.05) is 10.9 Å². The third kappa shape index (κ3) is 4.29. The van der Waals surface area contributed by atoms with Gasteiger partial charge in [0.2, 0.25) is 0 Å². The first-order valence-electron chi connectivity index (χ1n) is 8.42. The van der Waals surface area contributed by atoms with E-state index < -0.39 is 0 Å². The summed E-state index contributed by atoms with van der Waals surface area (Å²) in [6, 6.07) is 0.499. The average Bonchev–Trinajstić information content (AvgIpc) is 3.10. The first-order valence-corrected chi connectivity index (χ1v) is 8.42. The quantitative estimate of drug-likeness (QED) is 0.822. The standard InChI is InChI=1S/C16H28N4O2/c1-14-9-17-20(10-14)11-15-3-2-4-19(15)13-16(21)12-18-5-7-22-8-6-18/h9-10,15-16,21H,2-8,11-13H2,1H3/t15-,16+/m0/s1. The Morgan fingerprint density at radius 1 is 1.32 bits per heavy atom. The highest BCUT2D eigenvalue weighted by atomic mass is 16.5. The van der Waals surface area contributed by atoms with Crippen molar-refractivity contribution in [2.45, 2.75) is 38.5 Å². The van der Waals surface area contributed by atoms with E-state index in [1.54, 1.807) is 0 Å². The normalized spacial score (nSPS) is 25.6. The van der Waals surface area contributed by atoms with Gasteiger partial charge in [-0.25, -0.2) is 0 Å². The smallest absolute Gasteiger partial charge is 0.0793 e. The van der Waals surface area contributed by atoms with Gasteiger partial charge in [-0.3, -0.25) is 14.5 Å². The maximum atomic E-state index is 10.4. The van der Waals surface area contributed by atoms with Gasteiger partial charge < -0.3 is 9.84 Å². The summed E-state index contributed by atoms with van der Waals surface area (Å²) >= 11 is 0. The van der Waals surface area contributed by atoms with E-state index >= 15 is 0 Å². The van der Waals surface area contributed by atoms with Gasteiger partial charge in [0.15, 0.2) is 0 Å². The van der Waals surface area contributed by atoms with Crippen LogP contribution in [0.4, 0.5) is 0 Å². The minimum Gasteiger partial charge on any atom is -0.390 e. The summed E-state index contributed by atoms with van der Waals surface area (Å²) < 4.78 is 7.39. The molecule has 2 aliphatic rings. The number of morpholine rings is 1. The number of β-amino-alcohol motifs (C(OH)–C–C–N with tert-alkyl or cyclic N) is 1. The van der Waals surface area contributed by atoms with Gasteiger partial charge >= 0.3 is 0 Å². The Hall–Kier alpha value is -0.950. The van der Waals surface area contributed by atoms with E-state index in [0.717, 1.165) is 52.5 Å². The van der Waals surface area contributed by atoms with Crippen LogP contribution in [0.25, 0.3) is 0 Å². The number of aliphatic hydroxyl groups is 1. The lowest BCUT2D eigenvalue weighted by Gasteiger charge is -2.31. The fourth-order valence-electron chi connectivity index (χ4n) is 3.54. The lowest BCUT2D eigenvalue weighted by atomic mass is 10.2. The van der Waals surface area contributed by atoms with Crippen molar-refractivity contribution < 1.29 is 9.84 Å². The molecule has 0 amide bonds. The fraction of sp³-hybridized carbons (Fsp3) is 0.812. The molecule has 6 heteroatoms. The van der Waals surface area contributed by atoms with Crippen LogP contribution in [0.15, 0.2) is 12.4 Å². The molecule has 3 heterocycles. The zero-order valence-corrected chi connectivity index (χ0v) is 13.5. The first-order chi connectivity index (χ1) is 10.7. The molecular weight excluding hydrogens is 280 g/mol. The second-order valence-corrected chi connectivity index (χ2v) is 6.60. The molecule has 0 aromatic carbocycles. The Bertz CT molecular complexity index is 459. The zero-order chi connectivity index (χ0) is 15.4. The second kappa shape index (κ2) is 7.55. The third-order valence-electron chi connectivity index (χ3n) is 4.68. The Morgan fingerprint density at radius 3 is 2.86 bits per heavy atom. The molecule has 2 aliphatic heterocycles. The number of hydrogen-bond acceptors (Lipinski definition) is 5. The minimum atomic E-state index is -0.280. The van der Waals surface area contributed by atoms with Crippen LogP contribution in [-0.2, 0) is 11.3 Å². The van der Waals surface area contributed by atoms with E-state index in [9.17, 15) is 5.11 Å². The van der Waals surface area contributed by atoms with Gasteiger partial charge in [-0.15, -0.1) is 0 Å². The molecule has 2 fully saturated rings. The number of aromatic nitrogens is 2. The van der Waals surface area contributed by atoms with Crippen molar-refractivity contribution in [1.82, 2.24) is 19.6 Å². The summed E-state index contributed by atoms with van der Waals surface area (Å²) in [4.78, 5) is 4.73. The van der Waals surface area contributed by atoms with E-state index in [1.165, 1.54) is 18.4 Å². The van der Waals surface area contributed by atoms with E-state index in [0.29, 0.717) is 6.04 Å². The number of rotatable bonds is 6. The van der Waals surface area contributed by atoms with Crippen LogP contribution >= 0.6 is 0 Å². The first kappa shape index (κ1) is 15.9. The highest BCUT2D eigenvalue weighted by Gasteiger charge is 2.27. The van der Waals surface area contributed by atoms with Crippen molar-refractivity contribution >= 4 is 0 Å². The number of likely N-dealkylation sites (tertiary alicyclic amines) is 1. The topological polar surface area (TPSA) is 53.8 Å². The van der Waals surface area contributed by atoms with Crippen LogP contribution < -0.4 is 0 Å². The molecule has 0 radical (unpaired) electrons. The Balaban J connectivity index is 1.47. The average molecular weight is 308 g/mol.